The number of carbonyl (C=O) groups excluding carboxylic acids is 1. The van der Waals surface area contributed by atoms with E-state index in [1.54, 1.807) is 4.67 Å². The highest BCUT2D eigenvalue weighted by molar-refractivity contribution is 7.13. The molecule has 74 valence electrons. The molecule has 0 amide bonds. The van der Waals surface area contributed by atoms with Gasteiger partial charge >= 0.3 is 0 Å². The number of benzene rings is 1. The van der Waals surface area contributed by atoms with Crippen molar-refractivity contribution in [2.45, 2.75) is 19.0 Å². The number of carbonyl (C=O) groups is 1. The van der Waals surface area contributed by atoms with E-state index in [9.17, 15) is 9.90 Å². The summed E-state index contributed by atoms with van der Waals surface area (Å²) < 4.78 is 1.73. The first-order chi connectivity index (χ1) is 6.68. The van der Waals surface area contributed by atoms with Crippen molar-refractivity contribution in [3.63, 3.8) is 0 Å². The molecule has 4 heteroatoms. The zero-order valence-corrected chi connectivity index (χ0v) is 8.80. The Morgan fingerprint density at radius 1 is 1.43 bits per heavy atom. The number of hydrogen-bond acceptors (Lipinski definition) is 3. The quantitative estimate of drug-likeness (QED) is 0.608. The Hall–Kier alpha value is -0.920. The van der Waals surface area contributed by atoms with Gasteiger partial charge in [-0.15, -0.1) is 0 Å². The molecule has 0 aliphatic carbocycles. The summed E-state index contributed by atoms with van der Waals surface area (Å²) in [6.07, 6.45) is 0.530. The van der Waals surface area contributed by atoms with Crippen molar-refractivity contribution in [3.05, 3.63) is 35.4 Å². The maximum atomic E-state index is 10.8. The van der Waals surface area contributed by atoms with Gasteiger partial charge in [-0.1, -0.05) is 33.7 Å². The summed E-state index contributed by atoms with van der Waals surface area (Å²) >= 11 is 0. The van der Waals surface area contributed by atoms with E-state index in [2.05, 4.69) is 9.39 Å². The first kappa shape index (κ1) is 9.63. The van der Waals surface area contributed by atoms with Crippen molar-refractivity contribution in [1.82, 2.24) is 4.67 Å². The fourth-order valence-electron chi connectivity index (χ4n) is 1.76. The largest absolute Gasteiger partial charge is 0.548 e. The van der Waals surface area contributed by atoms with Crippen LogP contribution in [0.2, 0.25) is 0 Å². The van der Waals surface area contributed by atoms with Gasteiger partial charge in [-0.2, -0.15) is 0 Å². The zero-order valence-electron chi connectivity index (χ0n) is 7.64. The lowest BCUT2D eigenvalue weighted by Gasteiger charge is -2.34. The van der Waals surface area contributed by atoms with Crippen LogP contribution in [0.25, 0.3) is 0 Å². The Labute approximate surface area is 85.0 Å². The Morgan fingerprint density at radius 2 is 2.07 bits per heavy atom. The number of aliphatic carboxylic acids is 1. The summed E-state index contributed by atoms with van der Waals surface area (Å²) in [7, 11) is 2.45. The monoisotopic (exact) mass is 208 g/mol. The van der Waals surface area contributed by atoms with E-state index in [-0.39, 0.29) is 0 Å². The van der Waals surface area contributed by atoms with Gasteiger partial charge in [-0.05, 0) is 17.5 Å². The van der Waals surface area contributed by atoms with Crippen LogP contribution in [0, 0.1) is 0 Å². The van der Waals surface area contributed by atoms with E-state index >= 15 is 0 Å². The Morgan fingerprint density at radius 3 is 2.71 bits per heavy atom. The summed E-state index contributed by atoms with van der Waals surface area (Å²) in [6, 6.07) is 7.39. The second kappa shape index (κ2) is 3.68. The minimum absolute atomic E-state index is 0.519. The van der Waals surface area contributed by atoms with Crippen LogP contribution in [0.15, 0.2) is 24.3 Å². The van der Waals surface area contributed by atoms with Gasteiger partial charge in [-0.25, -0.2) is 0 Å². The third-order valence-electron chi connectivity index (χ3n) is 2.56. The molecule has 0 N–H and O–H groups in total. The molecule has 1 aliphatic heterocycles. The van der Waals surface area contributed by atoms with Crippen molar-refractivity contribution in [2.75, 3.05) is 0 Å². The molecular weight excluding hydrogens is 197 g/mol. The Balaban J connectivity index is 2.31. The van der Waals surface area contributed by atoms with Crippen LogP contribution in [0.3, 0.4) is 0 Å². The first-order valence-electron chi connectivity index (χ1n) is 4.47. The maximum Gasteiger partial charge on any atom is 0.0592 e. The van der Waals surface area contributed by atoms with Gasteiger partial charge in [0.25, 0.3) is 0 Å². The first-order valence-corrected chi connectivity index (χ1v) is 4.99. The highest BCUT2D eigenvalue weighted by Crippen LogP contribution is 2.25. The zero-order chi connectivity index (χ0) is 10.1. The SMILES string of the molecule is O=C([O-])C1Cc2ccccc2CN1P. The van der Waals surface area contributed by atoms with Crippen LogP contribution in [0.5, 0.6) is 0 Å². The summed E-state index contributed by atoms with van der Waals surface area (Å²) in [5, 5.41) is 10.8. The van der Waals surface area contributed by atoms with Crippen molar-refractivity contribution < 1.29 is 9.90 Å². The number of nitrogens with zero attached hydrogens (tertiary/aromatic N) is 1. The minimum Gasteiger partial charge on any atom is -0.548 e. The normalized spacial score (nSPS) is 21.6. The summed E-state index contributed by atoms with van der Waals surface area (Å²) in [4.78, 5) is 10.8. The molecule has 0 aromatic heterocycles. The third kappa shape index (κ3) is 1.66. The average Bonchev–Trinajstić information content (AvgIpc) is 2.16. The third-order valence-corrected chi connectivity index (χ3v) is 3.10. The van der Waals surface area contributed by atoms with Crippen LogP contribution >= 0.6 is 9.39 Å². The molecule has 3 nitrogen and oxygen atoms in total. The van der Waals surface area contributed by atoms with Gasteiger partial charge in [0.15, 0.2) is 0 Å². The standard InChI is InChI=1S/C10H12NO2P/c12-10(13)9-5-7-3-1-2-4-8(7)6-11(9)14/h1-4,9H,5-6,14H2,(H,12,13)/p-1. The predicted molar refractivity (Wildman–Crippen MR) is 54.2 cm³/mol. The van der Waals surface area contributed by atoms with Crippen molar-refractivity contribution in [3.8, 4) is 0 Å². The average molecular weight is 208 g/mol. The lowest BCUT2D eigenvalue weighted by atomic mass is 9.96. The highest BCUT2D eigenvalue weighted by Gasteiger charge is 2.23. The van der Waals surface area contributed by atoms with Crippen molar-refractivity contribution >= 4 is 15.4 Å². The van der Waals surface area contributed by atoms with E-state index in [0.717, 1.165) is 5.56 Å². The Bertz CT molecular complexity index is 367. The van der Waals surface area contributed by atoms with E-state index in [1.807, 2.05) is 24.3 Å². The van der Waals surface area contributed by atoms with Gasteiger partial charge in [0.05, 0.1) is 12.0 Å². The van der Waals surface area contributed by atoms with Crippen LogP contribution < -0.4 is 5.11 Å². The molecule has 0 saturated heterocycles. The Kier molecular flexibility index (Phi) is 2.53. The lowest BCUT2D eigenvalue weighted by molar-refractivity contribution is -0.310. The summed E-state index contributed by atoms with van der Waals surface area (Å²) in [5.41, 5.74) is 2.31. The summed E-state index contributed by atoms with van der Waals surface area (Å²) in [6.45, 7) is 0.652. The molecule has 0 saturated carbocycles. The number of hydrogen-bond donors (Lipinski definition) is 0. The number of rotatable bonds is 1. The fourth-order valence-corrected chi connectivity index (χ4v) is 2.19. The molecule has 2 atom stereocenters. The van der Waals surface area contributed by atoms with Gasteiger partial charge in [0, 0.05) is 6.54 Å². The van der Waals surface area contributed by atoms with E-state index in [4.69, 9.17) is 0 Å². The molecule has 2 rings (SSSR count). The molecular formula is C10H11NO2P-. The second-order valence-corrected chi connectivity index (χ2v) is 4.14. The van der Waals surface area contributed by atoms with E-state index in [0.29, 0.717) is 13.0 Å². The van der Waals surface area contributed by atoms with Crippen LogP contribution in [-0.2, 0) is 17.8 Å². The summed E-state index contributed by atoms with van der Waals surface area (Å²) in [5.74, 6) is -1.01. The molecule has 2 unspecified atom stereocenters. The van der Waals surface area contributed by atoms with Gasteiger partial charge in [0.1, 0.15) is 0 Å². The molecule has 1 aromatic carbocycles. The second-order valence-electron chi connectivity index (χ2n) is 3.48. The molecule has 1 aromatic rings. The predicted octanol–water partition coefficient (Wildman–Crippen LogP) is -0.0467. The number of carboxylic acid groups (broad SMARTS) is 1. The van der Waals surface area contributed by atoms with Crippen LogP contribution in [0.4, 0.5) is 0 Å². The number of carboxylic acids is 1. The lowest BCUT2D eigenvalue weighted by Crippen LogP contribution is -2.47. The molecule has 0 fully saturated rings. The van der Waals surface area contributed by atoms with Crippen molar-refractivity contribution in [1.29, 1.82) is 0 Å². The highest BCUT2D eigenvalue weighted by atomic mass is 31.0. The number of fused-ring (bicyclic) bond motifs is 1. The van der Waals surface area contributed by atoms with E-state index < -0.39 is 12.0 Å². The fraction of sp³-hybridized carbons (Fsp3) is 0.300. The minimum atomic E-state index is -1.01. The molecule has 14 heavy (non-hydrogen) atoms. The van der Waals surface area contributed by atoms with Crippen molar-refractivity contribution in [2.24, 2.45) is 0 Å². The molecule has 1 aliphatic rings. The molecule has 1 heterocycles. The van der Waals surface area contributed by atoms with Gasteiger partial charge < -0.3 is 9.90 Å². The van der Waals surface area contributed by atoms with Crippen LogP contribution in [-0.4, -0.2) is 16.7 Å². The van der Waals surface area contributed by atoms with Gasteiger partial charge in [-0.3, -0.25) is 4.67 Å². The smallest absolute Gasteiger partial charge is 0.0592 e. The topological polar surface area (TPSA) is 43.4 Å². The molecule has 0 radical (unpaired) electrons. The molecule has 0 bridgehead atoms. The molecule has 0 spiro atoms. The van der Waals surface area contributed by atoms with E-state index in [1.165, 1.54) is 5.56 Å². The van der Waals surface area contributed by atoms with Crippen LogP contribution in [0.1, 0.15) is 11.1 Å². The maximum absolute atomic E-state index is 10.8. The van der Waals surface area contributed by atoms with Gasteiger partial charge in [0.2, 0.25) is 0 Å².